The third-order valence-corrected chi connectivity index (χ3v) is 4.20. The lowest BCUT2D eigenvalue weighted by atomic mass is 10.1. The summed E-state index contributed by atoms with van der Waals surface area (Å²) in [7, 11) is 0. The molecule has 2 heteroatoms. The molecule has 0 amide bonds. The second kappa shape index (κ2) is 7.66. The third-order valence-electron chi connectivity index (χ3n) is 4.20. The summed E-state index contributed by atoms with van der Waals surface area (Å²) in [4.78, 5) is 2.67. The minimum absolute atomic E-state index is 0.802. The lowest BCUT2D eigenvalue weighted by Gasteiger charge is -2.24. The van der Waals surface area contributed by atoms with Crippen LogP contribution < -0.4 is 5.32 Å². The Balaban J connectivity index is 1.98. The lowest BCUT2D eigenvalue weighted by molar-refractivity contribution is 0.239. The second-order valence-corrected chi connectivity index (χ2v) is 5.62. The van der Waals surface area contributed by atoms with E-state index >= 15 is 0 Å². The van der Waals surface area contributed by atoms with Crippen LogP contribution in [-0.2, 0) is 13.1 Å². The Morgan fingerprint density at radius 2 is 2.00 bits per heavy atom. The van der Waals surface area contributed by atoms with E-state index in [2.05, 4.69) is 48.3 Å². The van der Waals surface area contributed by atoms with Crippen molar-refractivity contribution >= 4 is 0 Å². The first-order chi connectivity index (χ1) is 9.35. The Morgan fingerprint density at radius 3 is 2.74 bits per heavy atom. The van der Waals surface area contributed by atoms with Crippen molar-refractivity contribution in [2.45, 2.75) is 58.7 Å². The number of likely N-dealkylation sites (tertiary alicyclic amines) is 1. The molecule has 1 heterocycles. The van der Waals surface area contributed by atoms with Crippen LogP contribution in [0.25, 0.3) is 0 Å². The van der Waals surface area contributed by atoms with Crippen LogP contribution in [0.15, 0.2) is 24.3 Å². The maximum Gasteiger partial charge on any atom is 0.0239 e. The van der Waals surface area contributed by atoms with Crippen LogP contribution in [0.5, 0.6) is 0 Å². The van der Waals surface area contributed by atoms with Gasteiger partial charge in [0, 0.05) is 19.1 Å². The summed E-state index contributed by atoms with van der Waals surface area (Å²) >= 11 is 0. The molecule has 1 fully saturated rings. The first kappa shape index (κ1) is 14.5. The quantitative estimate of drug-likeness (QED) is 0.754. The summed E-state index contributed by atoms with van der Waals surface area (Å²) in [5, 5.41) is 3.52. The number of benzene rings is 1. The minimum Gasteiger partial charge on any atom is -0.313 e. The normalized spacial score (nSPS) is 20.0. The van der Waals surface area contributed by atoms with Crippen LogP contribution in [0.2, 0.25) is 0 Å². The molecule has 1 saturated heterocycles. The number of hydrogen-bond donors (Lipinski definition) is 1. The first-order valence-corrected chi connectivity index (χ1v) is 7.86. The van der Waals surface area contributed by atoms with E-state index in [9.17, 15) is 0 Å². The van der Waals surface area contributed by atoms with Gasteiger partial charge >= 0.3 is 0 Å². The van der Waals surface area contributed by atoms with Gasteiger partial charge in [0.2, 0.25) is 0 Å². The largest absolute Gasteiger partial charge is 0.313 e. The summed E-state index contributed by atoms with van der Waals surface area (Å²) in [6.45, 7) is 9.05. The molecule has 19 heavy (non-hydrogen) atoms. The number of nitrogens with zero attached hydrogens (tertiary/aromatic N) is 1. The van der Waals surface area contributed by atoms with Crippen LogP contribution in [0.4, 0.5) is 0 Å². The molecule has 1 aromatic rings. The first-order valence-electron chi connectivity index (χ1n) is 7.86. The molecule has 0 aromatic heterocycles. The summed E-state index contributed by atoms with van der Waals surface area (Å²) in [5.74, 6) is 0. The van der Waals surface area contributed by atoms with Crippen molar-refractivity contribution < 1.29 is 0 Å². The van der Waals surface area contributed by atoms with E-state index in [1.54, 1.807) is 0 Å². The maximum absolute atomic E-state index is 3.52. The Morgan fingerprint density at radius 1 is 1.21 bits per heavy atom. The van der Waals surface area contributed by atoms with Gasteiger partial charge in [-0.25, -0.2) is 0 Å². The predicted molar refractivity (Wildman–Crippen MR) is 82.2 cm³/mol. The van der Waals surface area contributed by atoms with Crippen LogP contribution >= 0.6 is 0 Å². The molecule has 1 aliphatic heterocycles. The van der Waals surface area contributed by atoms with Gasteiger partial charge in [-0.15, -0.1) is 0 Å². The smallest absolute Gasteiger partial charge is 0.0239 e. The van der Waals surface area contributed by atoms with E-state index in [4.69, 9.17) is 0 Å². The topological polar surface area (TPSA) is 15.3 Å². The summed E-state index contributed by atoms with van der Waals surface area (Å²) < 4.78 is 0. The van der Waals surface area contributed by atoms with Crippen molar-refractivity contribution in [3.63, 3.8) is 0 Å². The van der Waals surface area contributed by atoms with E-state index < -0.39 is 0 Å². The van der Waals surface area contributed by atoms with Crippen LogP contribution in [0, 0.1) is 0 Å². The van der Waals surface area contributed by atoms with Crippen LogP contribution in [-0.4, -0.2) is 24.0 Å². The Labute approximate surface area is 118 Å². The van der Waals surface area contributed by atoms with Crippen molar-refractivity contribution in [1.82, 2.24) is 10.2 Å². The molecule has 0 saturated carbocycles. The highest BCUT2D eigenvalue weighted by Gasteiger charge is 2.23. The fourth-order valence-electron chi connectivity index (χ4n) is 3.07. The van der Waals surface area contributed by atoms with Crippen molar-refractivity contribution in [3.05, 3.63) is 35.4 Å². The lowest BCUT2D eigenvalue weighted by Crippen LogP contribution is -2.29. The zero-order valence-corrected chi connectivity index (χ0v) is 12.5. The van der Waals surface area contributed by atoms with Gasteiger partial charge in [-0.2, -0.15) is 0 Å². The van der Waals surface area contributed by atoms with Gasteiger partial charge in [0.25, 0.3) is 0 Å². The Bertz CT molecular complexity index is 375. The molecule has 106 valence electrons. The van der Waals surface area contributed by atoms with E-state index in [0.29, 0.717) is 0 Å². The van der Waals surface area contributed by atoms with Gasteiger partial charge < -0.3 is 5.32 Å². The highest BCUT2D eigenvalue weighted by molar-refractivity contribution is 5.27. The third kappa shape index (κ3) is 4.05. The highest BCUT2D eigenvalue weighted by atomic mass is 15.2. The molecular formula is C17H28N2. The monoisotopic (exact) mass is 260 g/mol. The Kier molecular flexibility index (Phi) is 5.87. The zero-order chi connectivity index (χ0) is 13.5. The predicted octanol–water partition coefficient (Wildman–Crippen LogP) is 3.56. The maximum atomic E-state index is 3.52. The van der Waals surface area contributed by atoms with Crippen molar-refractivity contribution in [1.29, 1.82) is 0 Å². The van der Waals surface area contributed by atoms with E-state index in [1.165, 1.54) is 43.4 Å². The van der Waals surface area contributed by atoms with Gasteiger partial charge in [0.15, 0.2) is 0 Å². The molecule has 1 aromatic carbocycles. The fourth-order valence-corrected chi connectivity index (χ4v) is 3.07. The molecule has 1 N–H and O–H groups in total. The molecule has 1 aliphatic rings. The standard InChI is InChI=1S/C17H28N2/c1-3-11-18-13-15-8-5-6-9-16(15)14-19-12-7-10-17(19)4-2/h5-6,8-9,17-18H,3-4,7,10-14H2,1-2H3. The Hall–Kier alpha value is -0.860. The van der Waals surface area contributed by atoms with Gasteiger partial charge in [-0.05, 0) is 49.9 Å². The molecule has 1 atom stereocenters. The van der Waals surface area contributed by atoms with Gasteiger partial charge in [0.1, 0.15) is 0 Å². The summed E-state index contributed by atoms with van der Waals surface area (Å²) in [6, 6.07) is 9.71. The van der Waals surface area contributed by atoms with E-state index in [0.717, 1.165) is 25.7 Å². The molecule has 0 aliphatic carbocycles. The zero-order valence-electron chi connectivity index (χ0n) is 12.5. The molecule has 1 unspecified atom stereocenters. The molecule has 0 bridgehead atoms. The minimum atomic E-state index is 0.802. The highest BCUT2D eigenvalue weighted by Crippen LogP contribution is 2.23. The van der Waals surface area contributed by atoms with E-state index in [1.807, 2.05) is 0 Å². The number of rotatable bonds is 7. The number of nitrogens with one attached hydrogen (secondary N) is 1. The molecule has 2 rings (SSSR count). The molecule has 0 radical (unpaired) electrons. The van der Waals surface area contributed by atoms with Gasteiger partial charge in [-0.3, -0.25) is 4.90 Å². The average Bonchev–Trinajstić information content (AvgIpc) is 2.88. The second-order valence-electron chi connectivity index (χ2n) is 5.62. The van der Waals surface area contributed by atoms with Crippen molar-refractivity contribution in [3.8, 4) is 0 Å². The molecular weight excluding hydrogens is 232 g/mol. The van der Waals surface area contributed by atoms with Crippen molar-refractivity contribution in [2.75, 3.05) is 13.1 Å². The number of hydrogen-bond acceptors (Lipinski definition) is 2. The molecule has 0 spiro atoms. The molecule has 2 nitrogen and oxygen atoms in total. The van der Waals surface area contributed by atoms with Crippen LogP contribution in [0.1, 0.15) is 50.7 Å². The summed E-state index contributed by atoms with van der Waals surface area (Å²) in [6.07, 6.45) is 5.24. The van der Waals surface area contributed by atoms with E-state index in [-0.39, 0.29) is 0 Å². The SMILES string of the molecule is CCCNCc1ccccc1CN1CCCC1CC. The van der Waals surface area contributed by atoms with Crippen LogP contribution in [0.3, 0.4) is 0 Å². The fraction of sp³-hybridized carbons (Fsp3) is 0.647. The van der Waals surface area contributed by atoms with Gasteiger partial charge in [0.05, 0.1) is 0 Å². The average molecular weight is 260 g/mol. The van der Waals surface area contributed by atoms with Crippen molar-refractivity contribution in [2.24, 2.45) is 0 Å². The van der Waals surface area contributed by atoms with Gasteiger partial charge in [-0.1, -0.05) is 38.1 Å². The summed E-state index contributed by atoms with van der Waals surface area (Å²) in [5.41, 5.74) is 2.98.